The standard InChI is InChI=1S/C11H9Cl2N3/c1-7-6-10(13)16-11(14-7)15-9-4-2-8(12)3-5-9/h2-6H,1H3,(H,14,15,16). The van der Waals surface area contributed by atoms with Crippen molar-refractivity contribution in [3.05, 3.63) is 46.2 Å². The topological polar surface area (TPSA) is 37.8 Å². The van der Waals surface area contributed by atoms with Crippen molar-refractivity contribution in [2.75, 3.05) is 5.32 Å². The summed E-state index contributed by atoms with van der Waals surface area (Å²) in [6.45, 7) is 1.86. The molecule has 0 fully saturated rings. The van der Waals surface area contributed by atoms with E-state index >= 15 is 0 Å². The van der Waals surface area contributed by atoms with Gasteiger partial charge in [-0.2, -0.15) is 0 Å². The normalized spacial score (nSPS) is 10.2. The molecule has 1 aromatic carbocycles. The van der Waals surface area contributed by atoms with Crippen LogP contribution in [0.2, 0.25) is 10.2 Å². The number of benzene rings is 1. The molecular weight excluding hydrogens is 245 g/mol. The molecule has 0 aliphatic carbocycles. The fourth-order valence-electron chi connectivity index (χ4n) is 1.25. The molecule has 1 N–H and O–H groups in total. The molecule has 0 bridgehead atoms. The van der Waals surface area contributed by atoms with Crippen molar-refractivity contribution in [2.24, 2.45) is 0 Å². The second-order valence-corrected chi connectivity index (χ2v) is 4.11. The first-order valence-electron chi connectivity index (χ1n) is 4.67. The van der Waals surface area contributed by atoms with E-state index < -0.39 is 0 Å². The maximum atomic E-state index is 5.83. The van der Waals surface area contributed by atoms with E-state index in [0.717, 1.165) is 11.4 Å². The average molecular weight is 254 g/mol. The van der Waals surface area contributed by atoms with Crippen molar-refractivity contribution in [3.8, 4) is 0 Å². The number of rotatable bonds is 2. The number of hydrogen-bond donors (Lipinski definition) is 1. The summed E-state index contributed by atoms with van der Waals surface area (Å²) in [5, 5.41) is 4.16. The zero-order valence-electron chi connectivity index (χ0n) is 8.54. The zero-order valence-corrected chi connectivity index (χ0v) is 10.0. The minimum Gasteiger partial charge on any atom is -0.324 e. The van der Waals surface area contributed by atoms with Crippen LogP contribution < -0.4 is 5.32 Å². The SMILES string of the molecule is Cc1cc(Cl)nc(Nc2ccc(Cl)cc2)n1. The second-order valence-electron chi connectivity index (χ2n) is 3.29. The summed E-state index contributed by atoms with van der Waals surface area (Å²) in [6.07, 6.45) is 0. The molecule has 0 saturated carbocycles. The first kappa shape index (κ1) is 11.2. The average Bonchev–Trinajstić information content (AvgIpc) is 2.20. The summed E-state index contributed by atoms with van der Waals surface area (Å²) in [5.74, 6) is 0.479. The van der Waals surface area contributed by atoms with Gasteiger partial charge >= 0.3 is 0 Å². The molecule has 1 heterocycles. The Balaban J connectivity index is 2.23. The van der Waals surface area contributed by atoms with E-state index in [0.29, 0.717) is 16.1 Å². The van der Waals surface area contributed by atoms with Crippen molar-refractivity contribution in [1.29, 1.82) is 0 Å². The highest BCUT2D eigenvalue weighted by Crippen LogP contribution is 2.18. The van der Waals surface area contributed by atoms with Gasteiger partial charge in [-0.1, -0.05) is 23.2 Å². The molecule has 0 saturated heterocycles. The monoisotopic (exact) mass is 253 g/mol. The highest BCUT2D eigenvalue weighted by Gasteiger charge is 2.00. The van der Waals surface area contributed by atoms with Crippen LogP contribution >= 0.6 is 23.2 Å². The molecule has 3 nitrogen and oxygen atoms in total. The van der Waals surface area contributed by atoms with E-state index in [1.165, 1.54) is 0 Å². The van der Waals surface area contributed by atoms with Gasteiger partial charge in [-0.25, -0.2) is 9.97 Å². The number of aromatic nitrogens is 2. The third-order valence-corrected chi connectivity index (χ3v) is 2.37. The molecule has 0 amide bonds. The summed E-state index contributed by atoms with van der Waals surface area (Å²) in [7, 11) is 0. The lowest BCUT2D eigenvalue weighted by Gasteiger charge is -2.05. The molecule has 2 aromatic rings. The van der Waals surface area contributed by atoms with Crippen molar-refractivity contribution in [1.82, 2.24) is 9.97 Å². The Labute approximate surface area is 103 Å². The number of nitrogens with one attached hydrogen (secondary N) is 1. The van der Waals surface area contributed by atoms with Crippen LogP contribution in [0.5, 0.6) is 0 Å². The van der Waals surface area contributed by atoms with Crippen LogP contribution in [0.25, 0.3) is 0 Å². The Morgan fingerprint density at radius 2 is 1.75 bits per heavy atom. The van der Waals surface area contributed by atoms with Gasteiger partial charge in [0.25, 0.3) is 0 Å². The summed E-state index contributed by atoms with van der Waals surface area (Å²) < 4.78 is 0. The number of aryl methyl sites for hydroxylation is 1. The van der Waals surface area contributed by atoms with Crippen LogP contribution in [-0.2, 0) is 0 Å². The number of anilines is 2. The van der Waals surface area contributed by atoms with Crippen LogP contribution in [0.3, 0.4) is 0 Å². The fraction of sp³-hybridized carbons (Fsp3) is 0.0909. The molecule has 82 valence electrons. The summed E-state index contributed by atoms with van der Waals surface area (Å²) >= 11 is 11.6. The lowest BCUT2D eigenvalue weighted by atomic mass is 10.3. The van der Waals surface area contributed by atoms with E-state index in [2.05, 4.69) is 15.3 Å². The maximum Gasteiger partial charge on any atom is 0.228 e. The molecule has 0 aliphatic heterocycles. The predicted octanol–water partition coefficient (Wildman–Crippen LogP) is 3.84. The van der Waals surface area contributed by atoms with Gasteiger partial charge in [0.15, 0.2) is 0 Å². The van der Waals surface area contributed by atoms with Crippen molar-refractivity contribution in [3.63, 3.8) is 0 Å². The molecule has 5 heteroatoms. The lowest BCUT2D eigenvalue weighted by molar-refractivity contribution is 1.11. The first-order chi connectivity index (χ1) is 7.63. The smallest absolute Gasteiger partial charge is 0.228 e. The van der Waals surface area contributed by atoms with E-state index in [9.17, 15) is 0 Å². The van der Waals surface area contributed by atoms with Crippen LogP contribution in [-0.4, -0.2) is 9.97 Å². The highest BCUT2D eigenvalue weighted by atomic mass is 35.5. The Morgan fingerprint density at radius 3 is 2.38 bits per heavy atom. The summed E-state index contributed by atoms with van der Waals surface area (Å²) in [5.41, 5.74) is 1.68. The van der Waals surface area contributed by atoms with Gasteiger partial charge in [0.1, 0.15) is 5.15 Å². The Morgan fingerprint density at radius 1 is 1.06 bits per heavy atom. The Hall–Kier alpha value is -1.32. The predicted molar refractivity (Wildman–Crippen MR) is 66.5 cm³/mol. The molecule has 0 atom stereocenters. The van der Waals surface area contributed by atoms with Gasteiger partial charge in [0.05, 0.1) is 0 Å². The minimum atomic E-state index is 0.420. The van der Waals surface area contributed by atoms with Crippen LogP contribution in [0.4, 0.5) is 11.6 Å². The van der Waals surface area contributed by atoms with E-state index in [1.54, 1.807) is 18.2 Å². The van der Waals surface area contributed by atoms with Crippen LogP contribution in [0, 0.1) is 6.92 Å². The van der Waals surface area contributed by atoms with Crippen LogP contribution in [0.1, 0.15) is 5.69 Å². The Kier molecular flexibility index (Phi) is 3.27. The molecule has 1 aromatic heterocycles. The van der Waals surface area contributed by atoms with Gasteiger partial charge in [0.2, 0.25) is 5.95 Å². The van der Waals surface area contributed by atoms with E-state index in [-0.39, 0.29) is 0 Å². The zero-order chi connectivity index (χ0) is 11.5. The number of halogens is 2. The molecule has 0 spiro atoms. The third kappa shape index (κ3) is 2.84. The van der Waals surface area contributed by atoms with Gasteiger partial charge < -0.3 is 5.32 Å². The number of nitrogens with zero attached hydrogens (tertiary/aromatic N) is 2. The van der Waals surface area contributed by atoms with E-state index in [1.807, 2.05) is 19.1 Å². The van der Waals surface area contributed by atoms with Gasteiger partial charge in [-0.15, -0.1) is 0 Å². The van der Waals surface area contributed by atoms with Crippen LogP contribution in [0.15, 0.2) is 30.3 Å². The molecule has 16 heavy (non-hydrogen) atoms. The van der Waals surface area contributed by atoms with Crippen molar-refractivity contribution >= 4 is 34.8 Å². The van der Waals surface area contributed by atoms with Gasteiger partial charge in [-0.3, -0.25) is 0 Å². The lowest BCUT2D eigenvalue weighted by Crippen LogP contribution is -1.98. The quantitative estimate of drug-likeness (QED) is 0.827. The largest absolute Gasteiger partial charge is 0.324 e. The third-order valence-electron chi connectivity index (χ3n) is 1.92. The minimum absolute atomic E-state index is 0.420. The number of hydrogen-bond acceptors (Lipinski definition) is 3. The maximum absolute atomic E-state index is 5.83. The summed E-state index contributed by atoms with van der Waals surface area (Å²) in [4.78, 5) is 8.27. The molecule has 2 rings (SSSR count). The Bertz CT molecular complexity index is 477. The van der Waals surface area contributed by atoms with Gasteiger partial charge in [0, 0.05) is 16.4 Å². The highest BCUT2D eigenvalue weighted by molar-refractivity contribution is 6.30. The molecule has 0 unspecified atom stereocenters. The van der Waals surface area contributed by atoms with Crippen molar-refractivity contribution in [2.45, 2.75) is 6.92 Å². The second kappa shape index (κ2) is 4.68. The van der Waals surface area contributed by atoms with E-state index in [4.69, 9.17) is 23.2 Å². The molecule has 0 aliphatic rings. The summed E-state index contributed by atoms with van der Waals surface area (Å²) in [6, 6.07) is 8.99. The van der Waals surface area contributed by atoms with Crippen molar-refractivity contribution < 1.29 is 0 Å². The first-order valence-corrected chi connectivity index (χ1v) is 5.43. The molecule has 0 radical (unpaired) electrons. The van der Waals surface area contributed by atoms with Gasteiger partial charge in [-0.05, 0) is 37.3 Å². The molecular formula is C11H9Cl2N3. The fourth-order valence-corrected chi connectivity index (χ4v) is 1.61.